The van der Waals surface area contributed by atoms with Crippen molar-refractivity contribution in [2.24, 2.45) is 5.92 Å². The Morgan fingerprint density at radius 3 is 2.27 bits per heavy atom. The highest BCUT2D eigenvalue weighted by atomic mass is 16.5. The van der Waals surface area contributed by atoms with E-state index < -0.39 is 5.54 Å². The molecule has 2 aliphatic rings. The molecule has 1 spiro atoms. The maximum absolute atomic E-state index is 13.5. The van der Waals surface area contributed by atoms with Crippen LogP contribution in [0.2, 0.25) is 0 Å². The third-order valence-corrected chi connectivity index (χ3v) is 7.76. The van der Waals surface area contributed by atoms with E-state index in [2.05, 4.69) is 10.2 Å². The minimum Gasteiger partial charge on any atom is -0.497 e. The minimum atomic E-state index is -0.787. The standard InChI is InChI=1S/C29H38N4O4/c1-21(2)26(34)30-25(23-8-6-5-7-9-23)14-17-32-18-15-29(16-19-32)27(35)33(28(36)31(29)3)20-22-10-12-24(37-4)13-11-22/h5-13,21,25H,14-20H2,1-4H3,(H,30,34). The van der Waals surface area contributed by atoms with Crippen molar-refractivity contribution in [1.82, 2.24) is 20.0 Å². The van der Waals surface area contributed by atoms with E-state index in [0.29, 0.717) is 12.8 Å². The van der Waals surface area contributed by atoms with E-state index in [4.69, 9.17) is 4.74 Å². The van der Waals surface area contributed by atoms with Gasteiger partial charge in [-0.05, 0) is 42.5 Å². The van der Waals surface area contributed by atoms with Crippen molar-refractivity contribution in [2.45, 2.75) is 51.2 Å². The summed E-state index contributed by atoms with van der Waals surface area (Å²) in [6.45, 7) is 6.30. The molecular weight excluding hydrogens is 468 g/mol. The molecule has 1 unspecified atom stereocenters. The van der Waals surface area contributed by atoms with E-state index in [1.807, 2.05) is 68.4 Å². The Hall–Kier alpha value is -3.39. The summed E-state index contributed by atoms with van der Waals surface area (Å²) in [6, 6.07) is 17.2. The number of hydrogen-bond acceptors (Lipinski definition) is 5. The summed E-state index contributed by atoms with van der Waals surface area (Å²) in [5, 5.41) is 3.19. The van der Waals surface area contributed by atoms with Crippen LogP contribution in [0.3, 0.4) is 0 Å². The van der Waals surface area contributed by atoms with E-state index in [0.717, 1.165) is 42.9 Å². The summed E-state index contributed by atoms with van der Waals surface area (Å²) in [7, 11) is 3.36. The van der Waals surface area contributed by atoms with Gasteiger partial charge in [0.1, 0.15) is 11.3 Å². The zero-order valence-electron chi connectivity index (χ0n) is 22.3. The summed E-state index contributed by atoms with van der Waals surface area (Å²) in [6.07, 6.45) is 1.98. The molecule has 1 N–H and O–H groups in total. The molecule has 0 bridgehead atoms. The van der Waals surface area contributed by atoms with Gasteiger partial charge >= 0.3 is 6.03 Å². The molecule has 2 heterocycles. The molecule has 37 heavy (non-hydrogen) atoms. The van der Waals surface area contributed by atoms with E-state index in [1.54, 1.807) is 19.1 Å². The molecule has 0 saturated carbocycles. The lowest BCUT2D eigenvalue weighted by atomic mass is 9.86. The third-order valence-electron chi connectivity index (χ3n) is 7.76. The first-order chi connectivity index (χ1) is 17.7. The molecule has 2 fully saturated rings. The molecular formula is C29H38N4O4. The maximum Gasteiger partial charge on any atom is 0.327 e. The molecule has 2 aliphatic heterocycles. The fourth-order valence-corrected chi connectivity index (χ4v) is 5.25. The number of methoxy groups -OCH3 is 1. The predicted molar refractivity (Wildman–Crippen MR) is 142 cm³/mol. The molecule has 1 atom stereocenters. The highest BCUT2D eigenvalue weighted by Gasteiger charge is 2.56. The Morgan fingerprint density at radius 1 is 1.03 bits per heavy atom. The van der Waals surface area contributed by atoms with Crippen LogP contribution in [-0.4, -0.2) is 71.9 Å². The van der Waals surface area contributed by atoms with E-state index >= 15 is 0 Å². The molecule has 2 aromatic carbocycles. The van der Waals surface area contributed by atoms with Gasteiger partial charge in [0.25, 0.3) is 5.91 Å². The normalized spacial score (nSPS) is 18.5. The van der Waals surface area contributed by atoms with Gasteiger partial charge < -0.3 is 19.9 Å². The number of nitrogens with one attached hydrogen (secondary N) is 1. The summed E-state index contributed by atoms with van der Waals surface area (Å²) >= 11 is 0. The smallest absolute Gasteiger partial charge is 0.327 e. The van der Waals surface area contributed by atoms with Crippen molar-refractivity contribution in [3.63, 3.8) is 0 Å². The molecule has 2 aromatic rings. The second-order valence-corrected chi connectivity index (χ2v) is 10.4. The number of ether oxygens (including phenoxy) is 1. The van der Waals surface area contributed by atoms with Crippen LogP contribution in [0.15, 0.2) is 54.6 Å². The number of benzene rings is 2. The number of likely N-dealkylation sites (tertiary alicyclic amines) is 1. The number of piperidine rings is 1. The van der Waals surface area contributed by atoms with E-state index in [9.17, 15) is 14.4 Å². The SMILES string of the molecule is COc1ccc(CN2C(=O)N(C)C3(CCN(CCC(NC(=O)C(C)C)c4ccccc4)CC3)C2=O)cc1. The van der Waals surface area contributed by atoms with Crippen molar-refractivity contribution >= 4 is 17.8 Å². The van der Waals surface area contributed by atoms with Gasteiger partial charge in [-0.25, -0.2) is 4.79 Å². The Labute approximate surface area is 219 Å². The zero-order chi connectivity index (χ0) is 26.6. The van der Waals surface area contributed by atoms with Crippen LogP contribution in [0.25, 0.3) is 0 Å². The van der Waals surface area contributed by atoms with Crippen molar-refractivity contribution in [3.05, 3.63) is 65.7 Å². The van der Waals surface area contributed by atoms with Gasteiger partial charge in [0.05, 0.1) is 19.7 Å². The van der Waals surface area contributed by atoms with Crippen molar-refractivity contribution in [1.29, 1.82) is 0 Å². The average Bonchev–Trinajstić information content (AvgIpc) is 3.08. The van der Waals surface area contributed by atoms with E-state index in [1.165, 1.54) is 4.90 Å². The molecule has 0 aromatic heterocycles. The number of hydrogen-bond donors (Lipinski definition) is 1. The number of urea groups is 1. The van der Waals surface area contributed by atoms with Gasteiger partial charge in [-0.1, -0.05) is 56.3 Å². The fraction of sp³-hybridized carbons (Fsp3) is 0.483. The van der Waals surface area contributed by atoms with Gasteiger partial charge in [-0.3, -0.25) is 14.5 Å². The number of imide groups is 1. The lowest BCUT2D eigenvalue weighted by Crippen LogP contribution is -2.55. The first-order valence-electron chi connectivity index (χ1n) is 13.1. The average molecular weight is 507 g/mol. The van der Waals surface area contributed by atoms with Gasteiger partial charge in [-0.15, -0.1) is 0 Å². The number of carbonyl (C=O) groups is 3. The Kier molecular flexibility index (Phi) is 8.17. The molecule has 0 radical (unpaired) electrons. The Bertz CT molecular complexity index is 1090. The number of rotatable bonds is 9. The molecule has 2 saturated heterocycles. The first-order valence-corrected chi connectivity index (χ1v) is 13.1. The second kappa shape index (κ2) is 11.3. The third kappa shape index (κ3) is 5.64. The number of amides is 4. The van der Waals surface area contributed by atoms with Crippen LogP contribution >= 0.6 is 0 Å². The van der Waals surface area contributed by atoms with Crippen LogP contribution in [-0.2, 0) is 16.1 Å². The van der Waals surface area contributed by atoms with Crippen molar-refractivity contribution in [2.75, 3.05) is 33.8 Å². The summed E-state index contributed by atoms with van der Waals surface area (Å²) in [5.74, 6) is 0.590. The highest BCUT2D eigenvalue weighted by molar-refractivity contribution is 6.06. The largest absolute Gasteiger partial charge is 0.497 e. The number of likely N-dealkylation sites (N-methyl/N-ethyl adjacent to an activating group) is 1. The lowest BCUT2D eigenvalue weighted by molar-refractivity contribution is -0.135. The quantitative estimate of drug-likeness (QED) is 0.523. The van der Waals surface area contributed by atoms with Crippen LogP contribution in [0, 0.1) is 5.92 Å². The second-order valence-electron chi connectivity index (χ2n) is 10.4. The molecule has 0 aliphatic carbocycles. The minimum absolute atomic E-state index is 0.0418. The molecule has 8 nitrogen and oxygen atoms in total. The molecule has 4 rings (SSSR count). The Morgan fingerprint density at radius 2 is 1.68 bits per heavy atom. The summed E-state index contributed by atoms with van der Waals surface area (Å²) < 4.78 is 5.21. The topological polar surface area (TPSA) is 82.2 Å². The van der Waals surface area contributed by atoms with Gasteiger partial charge in [0, 0.05) is 32.6 Å². The highest BCUT2D eigenvalue weighted by Crippen LogP contribution is 2.37. The van der Waals surface area contributed by atoms with E-state index in [-0.39, 0.29) is 36.3 Å². The molecule has 8 heteroatoms. The Balaban J connectivity index is 1.37. The van der Waals surface area contributed by atoms with Crippen LogP contribution < -0.4 is 10.1 Å². The van der Waals surface area contributed by atoms with Crippen LogP contribution in [0.5, 0.6) is 5.75 Å². The fourth-order valence-electron chi connectivity index (χ4n) is 5.25. The van der Waals surface area contributed by atoms with Gasteiger partial charge in [0.15, 0.2) is 0 Å². The predicted octanol–water partition coefficient (Wildman–Crippen LogP) is 3.83. The van der Waals surface area contributed by atoms with Crippen LogP contribution in [0.1, 0.15) is 50.3 Å². The van der Waals surface area contributed by atoms with Gasteiger partial charge in [-0.2, -0.15) is 0 Å². The number of carbonyl (C=O) groups excluding carboxylic acids is 3. The first kappa shape index (κ1) is 26.7. The zero-order valence-corrected chi connectivity index (χ0v) is 22.3. The number of nitrogens with zero attached hydrogens (tertiary/aromatic N) is 3. The van der Waals surface area contributed by atoms with Gasteiger partial charge in [0.2, 0.25) is 5.91 Å². The summed E-state index contributed by atoms with van der Waals surface area (Å²) in [4.78, 5) is 44.4. The molecule has 4 amide bonds. The maximum atomic E-state index is 13.5. The lowest BCUT2D eigenvalue weighted by Gasteiger charge is -2.41. The monoisotopic (exact) mass is 506 g/mol. The van der Waals surface area contributed by atoms with Crippen molar-refractivity contribution in [3.8, 4) is 5.75 Å². The van der Waals surface area contributed by atoms with Crippen molar-refractivity contribution < 1.29 is 19.1 Å². The summed E-state index contributed by atoms with van der Waals surface area (Å²) in [5.41, 5.74) is 1.20. The molecule has 198 valence electrons. The van der Waals surface area contributed by atoms with Crippen LogP contribution in [0.4, 0.5) is 4.79 Å².